The van der Waals surface area contributed by atoms with Gasteiger partial charge in [0, 0.05) is 178 Å². The molecule has 0 atom stereocenters. The molecule has 150 heavy (non-hydrogen) atoms. The van der Waals surface area contributed by atoms with Crippen LogP contribution in [0.25, 0.3) is 268 Å². The van der Waals surface area contributed by atoms with Gasteiger partial charge in [-0.1, -0.05) is 166 Å². The summed E-state index contributed by atoms with van der Waals surface area (Å²) in [6.07, 6.45) is 60.0. The van der Waals surface area contributed by atoms with E-state index in [0.29, 0.717) is 34.6 Å². The Morgan fingerprint density at radius 2 is 0.527 bits per heavy atom. The van der Waals surface area contributed by atoms with Crippen molar-refractivity contribution < 1.29 is 157 Å². The van der Waals surface area contributed by atoms with Gasteiger partial charge in [-0.15, -0.1) is 64.1 Å². The summed E-state index contributed by atoms with van der Waals surface area (Å²) >= 11 is 0. The molecule has 0 radical (unpaired) electrons. The van der Waals surface area contributed by atoms with Crippen LogP contribution < -0.4 is 34.5 Å². The summed E-state index contributed by atoms with van der Waals surface area (Å²) in [6.45, 7) is 0. The summed E-state index contributed by atoms with van der Waals surface area (Å²) in [5, 5.41) is 12.3. The largest absolute Gasteiger partial charge is 2.00 e. The topological polar surface area (TPSA) is 376 Å². The number of fused-ring (bicyclic) bond motifs is 18. The standard InChI is InChI=1S/C18H14N5O.5C18H13N5O.6Pt/c6*1-22-8-14(20-10-22)17-16-13(9-24-17)11-4-3-5-12(15(11)21-16)18-19-6-7-23(18)2;;;;;;/h3-10H,1-2H3;2*3-5,7-10H,1-2H3;3*3-9H,1-2H3;;;;;;/q-1;5*-2;6*+2. The number of hydrogen-bond acceptors (Lipinski definition) is 18. The summed E-state index contributed by atoms with van der Waals surface area (Å²) < 4.78 is 57.3. The average Bonchev–Trinajstić information content (AvgIpc) is 1.61. The maximum atomic E-state index is 5.76. The smallest absolute Gasteiger partial charge is 0.654 e. The third-order valence-corrected chi connectivity index (χ3v) is 25.6. The van der Waals surface area contributed by atoms with Gasteiger partial charge < -0.3 is 136 Å². The van der Waals surface area contributed by atoms with Crippen molar-refractivity contribution in [2.24, 2.45) is 84.6 Å². The molecule has 30 rings (SSSR count). The molecule has 6 aromatic carbocycles. The van der Waals surface area contributed by atoms with Crippen molar-refractivity contribution in [3.63, 3.8) is 0 Å². The van der Waals surface area contributed by atoms with Crippen molar-refractivity contribution in [1.82, 2.24) is 140 Å². The van der Waals surface area contributed by atoms with E-state index >= 15 is 0 Å². The fourth-order valence-electron chi connectivity index (χ4n) is 18.7. The third kappa shape index (κ3) is 18.0. The van der Waals surface area contributed by atoms with E-state index in [0.717, 1.165) is 233 Å². The first-order valence-electron chi connectivity index (χ1n) is 45.5. The van der Waals surface area contributed by atoms with Crippen LogP contribution in [-0.2, 0) is 211 Å². The first kappa shape index (κ1) is 103. The molecule has 0 amide bonds. The van der Waals surface area contributed by atoms with E-state index in [-0.39, 0.29) is 126 Å². The molecule has 0 aliphatic rings. The molecule has 0 unspecified atom stereocenters. The molecule has 756 valence electrons. The van der Waals surface area contributed by atoms with E-state index < -0.39 is 0 Å². The van der Waals surface area contributed by atoms with Gasteiger partial charge in [0.1, 0.15) is 51.8 Å². The molecule has 24 aromatic heterocycles. The molecule has 0 N–H and O–H groups in total. The number of nitrogens with zero attached hydrogens (tertiary/aromatic N) is 30. The van der Waals surface area contributed by atoms with Gasteiger partial charge in [0.2, 0.25) is 0 Å². The fraction of sp³-hybridized carbons (Fsp3) is 0.111. The van der Waals surface area contributed by atoms with E-state index in [2.05, 4.69) is 128 Å². The van der Waals surface area contributed by atoms with E-state index in [1.165, 1.54) is 0 Å². The Balaban J connectivity index is 0.000000112. The number of rotatable bonds is 12. The van der Waals surface area contributed by atoms with Gasteiger partial charge >= 0.3 is 126 Å². The predicted molar refractivity (Wildman–Crippen MR) is 541 cm³/mol. The van der Waals surface area contributed by atoms with Crippen molar-refractivity contribution in [3.05, 3.63) is 296 Å². The zero-order valence-electron chi connectivity index (χ0n) is 81.1. The molecule has 0 aliphatic heterocycles. The summed E-state index contributed by atoms with van der Waals surface area (Å²) in [7, 11) is 23.3. The first-order valence-corrected chi connectivity index (χ1v) is 45.5. The number of imidazole rings is 12. The van der Waals surface area contributed by atoms with Crippen LogP contribution >= 0.6 is 0 Å². The molecule has 0 saturated heterocycles. The van der Waals surface area contributed by atoms with Crippen molar-refractivity contribution in [2.45, 2.75) is 0 Å². The Kier molecular flexibility index (Phi) is 28.8. The number of para-hydroxylation sites is 6. The molecule has 0 fully saturated rings. The second-order valence-electron chi connectivity index (χ2n) is 35.2. The second-order valence-corrected chi connectivity index (χ2v) is 35.2. The monoisotopic (exact) mass is 3060 g/mol. The molecule has 42 heteroatoms. The van der Waals surface area contributed by atoms with Crippen molar-refractivity contribution in [3.8, 4) is 137 Å². The van der Waals surface area contributed by atoms with E-state index in [1.807, 2.05) is 273 Å². The average molecular weight is 3060 g/mol. The minimum atomic E-state index is 0. The molecule has 30 aromatic rings. The Hall–Kier alpha value is -15.6. The molecule has 24 heterocycles. The summed E-state index contributed by atoms with van der Waals surface area (Å²) in [4.78, 5) is 81.5. The zero-order chi connectivity index (χ0) is 97.6. The van der Waals surface area contributed by atoms with Crippen molar-refractivity contribution >= 4 is 131 Å². The van der Waals surface area contributed by atoms with E-state index in [9.17, 15) is 0 Å². The van der Waals surface area contributed by atoms with Crippen LogP contribution in [0.3, 0.4) is 0 Å². The van der Waals surface area contributed by atoms with Gasteiger partial charge in [-0.25, -0.2) is 34.9 Å². The van der Waals surface area contributed by atoms with Gasteiger partial charge in [-0.05, 0) is 102 Å². The zero-order valence-corrected chi connectivity index (χ0v) is 94.7. The fourth-order valence-corrected chi connectivity index (χ4v) is 18.7. The van der Waals surface area contributed by atoms with Gasteiger partial charge in [-0.2, -0.15) is 0 Å². The molecular formula is C108H79N30O6Pt6+. The van der Waals surface area contributed by atoms with Crippen LogP contribution in [0.4, 0.5) is 0 Å². The van der Waals surface area contributed by atoms with Crippen LogP contribution in [-0.4, -0.2) is 110 Å². The van der Waals surface area contributed by atoms with E-state index in [4.69, 9.17) is 56.4 Å². The number of furan rings is 6. The summed E-state index contributed by atoms with van der Waals surface area (Å²) in [5.41, 5.74) is 21.0. The van der Waals surface area contributed by atoms with E-state index in [1.54, 1.807) is 95.0 Å². The number of aromatic nitrogens is 30. The Labute approximate surface area is 937 Å². The summed E-state index contributed by atoms with van der Waals surface area (Å²) in [5.74, 6) is 9.37. The molecule has 0 bridgehead atoms. The maximum absolute atomic E-state index is 5.76. The van der Waals surface area contributed by atoms with Crippen LogP contribution in [0, 0.1) is 31.4 Å². The first-order chi connectivity index (χ1) is 70.3. The Morgan fingerprint density at radius 3 is 0.740 bits per heavy atom. The van der Waals surface area contributed by atoms with Crippen molar-refractivity contribution in [1.29, 1.82) is 0 Å². The third-order valence-electron chi connectivity index (χ3n) is 25.6. The summed E-state index contributed by atoms with van der Waals surface area (Å²) in [6, 6.07) is 36.7. The van der Waals surface area contributed by atoms with Crippen LogP contribution in [0.15, 0.2) is 291 Å². The van der Waals surface area contributed by atoms with Gasteiger partial charge in [0.25, 0.3) is 0 Å². The normalized spacial score (nSPS) is 11.3. The SMILES string of the molecule is Cn1[c-]nc(-c2occ3c2[n-]c2c(-c4nccn4C)cccc23)c1.Cn1[c-]nc(-c2occ3c2[n-]c2c(-c4nccn4C)cccc23)c1.Cn1[c-]nc(-c2occ3c2[n-]c2c(-c4nccn4C)cccc23)c1.Cn1cnc(-c2occ3c2[n-]c2c(-c4n[c-]cn4C)cccc23)c1.Cn1cnc(-c2occ3c2[n-]c2c(-c4n[c-]cn4C)cccc23)c1.Cn1cnc(-c2occ3c2[n-]c2c(-c4n[cH-]c[n+]4C)cccc23)c1.[Pt+2].[Pt+2].[Pt+2].[Pt+2].[Pt+2].[Pt+2]. The quantitative estimate of drug-likeness (QED) is 0.0809. The molecular weight excluding hydrogens is 2980 g/mol. The maximum Gasteiger partial charge on any atom is 2.00 e. The van der Waals surface area contributed by atoms with Crippen molar-refractivity contribution in [2.75, 3.05) is 0 Å². The predicted octanol–water partition coefficient (Wildman–Crippen LogP) is 18.3. The number of aryl methyl sites for hydroxylation is 12. The Morgan fingerprint density at radius 1 is 0.273 bits per heavy atom. The van der Waals surface area contributed by atoms with Gasteiger partial charge in [0.15, 0.2) is 5.82 Å². The molecule has 0 spiro atoms. The molecule has 36 nitrogen and oxygen atoms in total. The Bertz CT molecular complexity index is 8620. The van der Waals surface area contributed by atoms with Gasteiger partial charge in [0.05, 0.1) is 80.9 Å². The second kappa shape index (κ2) is 41.9. The van der Waals surface area contributed by atoms with Crippen LogP contribution in [0.2, 0.25) is 0 Å². The number of benzene rings is 6. The minimum Gasteiger partial charge on any atom is -0.654 e. The van der Waals surface area contributed by atoms with Gasteiger partial charge in [-0.3, -0.25) is 0 Å². The molecule has 0 aliphatic carbocycles. The molecule has 0 saturated carbocycles. The van der Waals surface area contributed by atoms with Crippen LogP contribution in [0.1, 0.15) is 0 Å². The minimum absolute atomic E-state index is 0. The number of hydrogen-bond donors (Lipinski definition) is 0. The van der Waals surface area contributed by atoms with Crippen LogP contribution in [0.5, 0.6) is 0 Å².